The molecule has 1 aromatic rings. The first kappa shape index (κ1) is 12.8. The molecule has 1 heterocycles. The van der Waals surface area contributed by atoms with Crippen molar-refractivity contribution < 1.29 is 14.2 Å². The lowest BCUT2D eigenvalue weighted by atomic mass is 10.0. The molecule has 4 nitrogen and oxygen atoms in total. The lowest BCUT2D eigenvalue weighted by molar-refractivity contribution is -0.0915. The minimum absolute atomic E-state index is 0.186. The first-order valence-electron chi connectivity index (χ1n) is 5.75. The van der Waals surface area contributed by atoms with E-state index in [0.29, 0.717) is 5.71 Å². The van der Waals surface area contributed by atoms with Crippen LogP contribution >= 0.6 is 0 Å². The number of aliphatic hydroxyl groups is 1. The molecule has 0 aliphatic carbocycles. The predicted octanol–water partition coefficient (Wildman–Crippen LogP) is 1.70. The molecular weight excluding hydrogens is 235 g/mol. The SMILES string of the molecule is COc1ccc(C2=NN(C)C(O)(CF)C2)cc1C. The molecule has 1 unspecified atom stereocenters. The second kappa shape index (κ2) is 4.57. The van der Waals surface area contributed by atoms with Gasteiger partial charge >= 0.3 is 0 Å². The van der Waals surface area contributed by atoms with Gasteiger partial charge in [0.25, 0.3) is 0 Å². The van der Waals surface area contributed by atoms with Crippen LogP contribution in [0.3, 0.4) is 0 Å². The van der Waals surface area contributed by atoms with E-state index < -0.39 is 12.4 Å². The molecule has 1 aromatic carbocycles. The summed E-state index contributed by atoms with van der Waals surface area (Å²) in [6.07, 6.45) is 0.186. The third-order valence-electron chi connectivity index (χ3n) is 3.27. The number of ether oxygens (including phenoxy) is 1. The Balaban J connectivity index is 2.29. The molecule has 98 valence electrons. The van der Waals surface area contributed by atoms with Gasteiger partial charge in [-0.15, -0.1) is 0 Å². The van der Waals surface area contributed by atoms with Crippen molar-refractivity contribution >= 4 is 5.71 Å². The molecule has 0 fully saturated rings. The third-order valence-corrected chi connectivity index (χ3v) is 3.27. The number of alkyl halides is 1. The molecule has 2 rings (SSSR count). The van der Waals surface area contributed by atoms with E-state index in [0.717, 1.165) is 16.9 Å². The number of benzene rings is 1. The zero-order chi connectivity index (χ0) is 13.3. The summed E-state index contributed by atoms with van der Waals surface area (Å²) >= 11 is 0. The zero-order valence-corrected chi connectivity index (χ0v) is 10.8. The average Bonchev–Trinajstić information content (AvgIpc) is 2.66. The number of hydrogen-bond acceptors (Lipinski definition) is 4. The van der Waals surface area contributed by atoms with Crippen LogP contribution in [0.15, 0.2) is 23.3 Å². The van der Waals surface area contributed by atoms with Gasteiger partial charge in [0.1, 0.15) is 12.4 Å². The third kappa shape index (κ3) is 2.06. The molecule has 0 saturated heterocycles. The predicted molar refractivity (Wildman–Crippen MR) is 67.6 cm³/mol. The molecule has 0 spiro atoms. The van der Waals surface area contributed by atoms with E-state index in [4.69, 9.17) is 4.74 Å². The fraction of sp³-hybridized carbons (Fsp3) is 0.462. The smallest absolute Gasteiger partial charge is 0.187 e. The number of rotatable bonds is 3. The maximum Gasteiger partial charge on any atom is 0.187 e. The standard InChI is InChI=1S/C13H17FN2O2/c1-9-6-10(4-5-12(9)18-3)11-7-13(17,8-14)16(2)15-11/h4-6,17H,7-8H2,1-3H3. The Morgan fingerprint density at radius 3 is 2.78 bits per heavy atom. The highest BCUT2D eigenvalue weighted by atomic mass is 19.1. The average molecular weight is 252 g/mol. The molecule has 0 radical (unpaired) electrons. The lowest BCUT2D eigenvalue weighted by Gasteiger charge is -2.25. The van der Waals surface area contributed by atoms with Crippen molar-refractivity contribution in [2.24, 2.45) is 5.10 Å². The van der Waals surface area contributed by atoms with Crippen LogP contribution in [-0.4, -0.2) is 42.4 Å². The molecule has 0 amide bonds. The molecule has 0 saturated carbocycles. The van der Waals surface area contributed by atoms with Gasteiger partial charge in [-0.3, -0.25) is 5.01 Å². The summed E-state index contributed by atoms with van der Waals surface area (Å²) in [6.45, 7) is 1.09. The normalized spacial score (nSPS) is 23.2. The Morgan fingerprint density at radius 1 is 1.56 bits per heavy atom. The molecule has 0 bridgehead atoms. The van der Waals surface area contributed by atoms with Crippen molar-refractivity contribution in [3.63, 3.8) is 0 Å². The van der Waals surface area contributed by atoms with Gasteiger partial charge in [-0.05, 0) is 36.2 Å². The summed E-state index contributed by atoms with van der Waals surface area (Å²) in [4.78, 5) is 0. The fourth-order valence-electron chi connectivity index (χ4n) is 2.04. The number of aryl methyl sites for hydroxylation is 1. The maximum absolute atomic E-state index is 12.8. The Bertz CT molecular complexity index is 490. The largest absolute Gasteiger partial charge is 0.496 e. The molecule has 0 aromatic heterocycles. The van der Waals surface area contributed by atoms with Crippen LogP contribution in [0.2, 0.25) is 0 Å². The van der Waals surface area contributed by atoms with Gasteiger partial charge in [0.05, 0.1) is 12.8 Å². The number of hydrazone groups is 1. The summed E-state index contributed by atoms with van der Waals surface area (Å²) in [5, 5.41) is 15.5. The van der Waals surface area contributed by atoms with Crippen LogP contribution in [-0.2, 0) is 0 Å². The van der Waals surface area contributed by atoms with Gasteiger partial charge < -0.3 is 9.84 Å². The second-order valence-electron chi connectivity index (χ2n) is 4.55. The molecular formula is C13H17FN2O2. The summed E-state index contributed by atoms with van der Waals surface area (Å²) in [6, 6.07) is 5.64. The van der Waals surface area contributed by atoms with E-state index in [1.807, 2.05) is 25.1 Å². The quantitative estimate of drug-likeness (QED) is 0.890. The van der Waals surface area contributed by atoms with Crippen molar-refractivity contribution in [3.8, 4) is 5.75 Å². The van der Waals surface area contributed by atoms with Crippen LogP contribution < -0.4 is 4.74 Å². The van der Waals surface area contributed by atoms with Crippen LogP contribution in [0.25, 0.3) is 0 Å². The van der Waals surface area contributed by atoms with Crippen LogP contribution in [0.5, 0.6) is 5.75 Å². The van der Waals surface area contributed by atoms with Gasteiger partial charge in [-0.25, -0.2) is 4.39 Å². The Morgan fingerprint density at radius 2 is 2.28 bits per heavy atom. The molecule has 1 atom stereocenters. The van der Waals surface area contributed by atoms with Gasteiger partial charge in [0, 0.05) is 13.5 Å². The summed E-state index contributed by atoms with van der Waals surface area (Å²) in [5.41, 5.74) is 1.03. The van der Waals surface area contributed by atoms with Crippen molar-refractivity contribution in [1.29, 1.82) is 0 Å². The monoisotopic (exact) mass is 252 g/mol. The molecule has 1 N–H and O–H groups in total. The topological polar surface area (TPSA) is 45.1 Å². The van der Waals surface area contributed by atoms with E-state index in [1.54, 1.807) is 14.2 Å². The highest BCUT2D eigenvalue weighted by Crippen LogP contribution is 2.28. The first-order chi connectivity index (χ1) is 8.50. The van der Waals surface area contributed by atoms with E-state index >= 15 is 0 Å². The summed E-state index contributed by atoms with van der Waals surface area (Å²) < 4.78 is 18.0. The van der Waals surface area contributed by atoms with Crippen LogP contribution in [0, 0.1) is 6.92 Å². The first-order valence-corrected chi connectivity index (χ1v) is 5.75. The highest BCUT2D eigenvalue weighted by molar-refractivity contribution is 6.02. The van der Waals surface area contributed by atoms with Crippen molar-refractivity contribution in [2.75, 3.05) is 20.8 Å². The van der Waals surface area contributed by atoms with E-state index in [2.05, 4.69) is 5.10 Å². The van der Waals surface area contributed by atoms with Crippen LogP contribution in [0.4, 0.5) is 4.39 Å². The number of halogens is 1. The van der Waals surface area contributed by atoms with E-state index in [-0.39, 0.29) is 6.42 Å². The Kier molecular flexibility index (Phi) is 3.26. The number of nitrogens with zero attached hydrogens (tertiary/aromatic N) is 2. The minimum atomic E-state index is -1.51. The molecule has 1 aliphatic heterocycles. The van der Waals surface area contributed by atoms with Crippen molar-refractivity contribution in [1.82, 2.24) is 5.01 Å². The Hall–Kier alpha value is -1.62. The highest BCUT2D eigenvalue weighted by Gasteiger charge is 2.39. The molecule has 5 heteroatoms. The number of methoxy groups -OCH3 is 1. The maximum atomic E-state index is 12.8. The summed E-state index contributed by atoms with van der Waals surface area (Å²) in [7, 11) is 3.19. The van der Waals surface area contributed by atoms with Gasteiger partial charge in [-0.2, -0.15) is 5.10 Å². The van der Waals surface area contributed by atoms with Gasteiger partial charge in [0.15, 0.2) is 5.72 Å². The van der Waals surface area contributed by atoms with Gasteiger partial charge in [-0.1, -0.05) is 0 Å². The zero-order valence-electron chi connectivity index (χ0n) is 10.8. The lowest BCUT2D eigenvalue weighted by Crippen LogP contribution is -2.42. The van der Waals surface area contributed by atoms with Crippen LogP contribution in [0.1, 0.15) is 17.5 Å². The number of hydrogen-bond donors (Lipinski definition) is 1. The van der Waals surface area contributed by atoms with Gasteiger partial charge in [0.2, 0.25) is 0 Å². The molecule has 18 heavy (non-hydrogen) atoms. The van der Waals surface area contributed by atoms with Crippen molar-refractivity contribution in [2.45, 2.75) is 19.1 Å². The summed E-state index contributed by atoms with van der Waals surface area (Å²) in [5.74, 6) is 0.798. The Labute approximate surface area is 106 Å². The van der Waals surface area contributed by atoms with Crippen molar-refractivity contribution in [3.05, 3.63) is 29.3 Å². The molecule has 1 aliphatic rings. The fourth-order valence-corrected chi connectivity index (χ4v) is 2.04. The minimum Gasteiger partial charge on any atom is -0.496 e. The van der Waals surface area contributed by atoms with E-state index in [1.165, 1.54) is 5.01 Å². The van der Waals surface area contributed by atoms with E-state index in [9.17, 15) is 9.50 Å². The second-order valence-corrected chi connectivity index (χ2v) is 4.55.